The maximum Gasteiger partial charge on any atom is 0.115 e. The van der Waals surface area contributed by atoms with Crippen molar-refractivity contribution < 1.29 is 0 Å². The fraction of sp³-hybridized carbons (Fsp3) is 0.188. The van der Waals surface area contributed by atoms with Crippen molar-refractivity contribution in [1.82, 2.24) is 9.55 Å². The van der Waals surface area contributed by atoms with Crippen molar-refractivity contribution in [2.45, 2.75) is 13.3 Å². The summed E-state index contributed by atoms with van der Waals surface area (Å²) in [6.07, 6.45) is 0.747. The third kappa shape index (κ3) is 2.36. The number of alkyl halides is 1. The Bertz CT molecular complexity index is 764. The van der Waals surface area contributed by atoms with Crippen LogP contribution < -0.4 is 0 Å². The Morgan fingerprint density at radius 3 is 2.80 bits per heavy atom. The van der Waals surface area contributed by atoms with Crippen LogP contribution in [-0.4, -0.2) is 15.4 Å². The maximum absolute atomic E-state index is 5.93. The number of para-hydroxylation sites is 2. The minimum atomic E-state index is 0.562. The van der Waals surface area contributed by atoms with E-state index in [2.05, 4.69) is 51.7 Å². The summed E-state index contributed by atoms with van der Waals surface area (Å²) in [5.41, 5.74) is 4.44. The second-order valence-corrected chi connectivity index (χ2v) is 5.98. The van der Waals surface area contributed by atoms with E-state index in [1.54, 1.807) is 0 Å². The van der Waals surface area contributed by atoms with Gasteiger partial charge in [-0.3, -0.25) is 4.57 Å². The van der Waals surface area contributed by atoms with Crippen LogP contribution >= 0.6 is 27.5 Å². The van der Waals surface area contributed by atoms with E-state index >= 15 is 0 Å². The Labute approximate surface area is 131 Å². The quantitative estimate of drug-likeness (QED) is 0.616. The van der Waals surface area contributed by atoms with Crippen molar-refractivity contribution in [2.75, 3.05) is 5.88 Å². The normalized spacial score (nSPS) is 11.2. The first-order valence-corrected chi connectivity index (χ1v) is 7.82. The zero-order valence-corrected chi connectivity index (χ0v) is 13.4. The van der Waals surface area contributed by atoms with Crippen molar-refractivity contribution >= 4 is 38.6 Å². The third-order valence-corrected chi connectivity index (χ3v) is 4.15. The topological polar surface area (TPSA) is 17.8 Å². The highest BCUT2D eigenvalue weighted by molar-refractivity contribution is 9.10. The van der Waals surface area contributed by atoms with E-state index in [0.717, 1.165) is 33.4 Å². The Balaban J connectivity index is 2.33. The van der Waals surface area contributed by atoms with Crippen molar-refractivity contribution in [3.05, 3.63) is 58.3 Å². The van der Waals surface area contributed by atoms with Gasteiger partial charge in [0.2, 0.25) is 0 Å². The number of nitrogens with zero attached hydrogens (tertiary/aromatic N) is 2. The molecule has 2 aromatic carbocycles. The molecule has 0 N–H and O–H groups in total. The Morgan fingerprint density at radius 2 is 2.00 bits per heavy atom. The molecule has 0 unspecified atom stereocenters. The van der Waals surface area contributed by atoms with Gasteiger partial charge >= 0.3 is 0 Å². The van der Waals surface area contributed by atoms with E-state index in [-0.39, 0.29) is 0 Å². The predicted octanol–water partition coefficient (Wildman–Crippen LogP) is 4.88. The minimum absolute atomic E-state index is 0.562. The largest absolute Gasteiger partial charge is 0.295 e. The number of aromatic nitrogens is 2. The van der Waals surface area contributed by atoms with Crippen molar-refractivity contribution in [3.8, 4) is 5.69 Å². The summed E-state index contributed by atoms with van der Waals surface area (Å²) < 4.78 is 3.25. The smallest absolute Gasteiger partial charge is 0.115 e. The zero-order chi connectivity index (χ0) is 14.1. The van der Waals surface area contributed by atoms with Crippen molar-refractivity contribution in [1.29, 1.82) is 0 Å². The summed E-state index contributed by atoms with van der Waals surface area (Å²) >= 11 is 9.57. The van der Waals surface area contributed by atoms with Gasteiger partial charge in [-0.1, -0.05) is 18.2 Å². The lowest BCUT2D eigenvalue weighted by Gasteiger charge is -2.11. The monoisotopic (exact) mass is 348 g/mol. The van der Waals surface area contributed by atoms with Crippen molar-refractivity contribution in [2.24, 2.45) is 0 Å². The molecule has 1 heterocycles. The number of hydrogen-bond acceptors (Lipinski definition) is 1. The molecule has 0 aliphatic carbocycles. The summed E-state index contributed by atoms with van der Waals surface area (Å²) in [4.78, 5) is 4.71. The Kier molecular flexibility index (Phi) is 3.81. The molecule has 0 atom stereocenters. The second kappa shape index (κ2) is 5.58. The molecule has 0 spiro atoms. The van der Waals surface area contributed by atoms with Gasteiger partial charge in [0.15, 0.2) is 0 Å². The molecule has 4 heteroatoms. The van der Waals surface area contributed by atoms with E-state index in [1.807, 2.05) is 18.2 Å². The lowest BCUT2D eigenvalue weighted by atomic mass is 10.2. The third-order valence-electron chi connectivity index (χ3n) is 3.29. The van der Waals surface area contributed by atoms with Crippen LogP contribution in [0.5, 0.6) is 0 Å². The summed E-state index contributed by atoms with van der Waals surface area (Å²) in [5, 5.41) is 0. The number of imidazole rings is 1. The Hall–Kier alpha value is -1.32. The van der Waals surface area contributed by atoms with Gasteiger partial charge in [0.25, 0.3) is 0 Å². The second-order valence-electron chi connectivity index (χ2n) is 4.75. The van der Waals surface area contributed by atoms with Gasteiger partial charge in [-0.2, -0.15) is 0 Å². The van der Waals surface area contributed by atoms with E-state index in [4.69, 9.17) is 16.6 Å². The minimum Gasteiger partial charge on any atom is -0.295 e. The van der Waals surface area contributed by atoms with Gasteiger partial charge in [0.05, 0.1) is 16.7 Å². The first kappa shape index (κ1) is 13.7. The van der Waals surface area contributed by atoms with Gasteiger partial charge in [-0.05, 0) is 52.7 Å². The fourth-order valence-corrected chi connectivity index (χ4v) is 2.98. The summed E-state index contributed by atoms with van der Waals surface area (Å²) in [5.74, 6) is 1.56. The van der Waals surface area contributed by atoms with Gasteiger partial charge in [-0.25, -0.2) is 4.98 Å². The van der Waals surface area contributed by atoms with E-state index < -0.39 is 0 Å². The number of fused-ring (bicyclic) bond motifs is 1. The molecule has 0 saturated heterocycles. The van der Waals surface area contributed by atoms with Gasteiger partial charge in [0, 0.05) is 16.8 Å². The zero-order valence-electron chi connectivity index (χ0n) is 11.1. The number of rotatable bonds is 3. The first-order chi connectivity index (χ1) is 9.70. The van der Waals surface area contributed by atoms with Gasteiger partial charge in [-0.15, -0.1) is 11.6 Å². The molecule has 0 aliphatic rings. The van der Waals surface area contributed by atoms with Crippen LogP contribution in [0.3, 0.4) is 0 Å². The molecule has 1 aromatic heterocycles. The maximum atomic E-state index is 5.93. The first-order valence-electron chi connectivity index (χ1n) is 6.49. The fourth-order valence-electron chi connectivity index (χ4n) is 2.39. The highest BCUT2D eigenvalue weighted by atomic mass is 79.9. The predicted molar refractivity (Wildman–Crippen MR) is 87.9 cm³/mol. The molecule has 0 bridgehead atoms. The van der Waals surface area contributed by atoms with E-state index in [1.165, 1.54) is 5.56 Å². The molecule has 3 rings (SSSR count). The molecule has 0 radical (unpaired) electrons. The molecular weight excluding hydrogens is 336 g/mol. The van der Waals surface area contributed by atoms with Crippen LogP contribution in [0, 0.1) is 6.92 Å². The number of halogens is 2. The molecule has 0 saturated carbocycles. The van der Waals surface area contributed by atoms with Crippen LogP contribution in [-0.2, 0) is 6.42 Å². The highest BCUT2D eigenvalue weighted by Gasteiger charge is 2.13. The van der Waals surface area contributed by atoms with Crippen LogP contribution in [0.2, 0.25) is 0 Å². The van der Waals surface area contributed by atoms with Crippen LogP contribution in [0.4, 0.5) is 0 Å². The van der Waals surface area contributed by atoms with Crippen LogP contribution in [0.15, 0.2) is 46.9 Å². The summed E-state index contributed by atoms with van der Waals surface area (Å²) in [6, 6.07) is 14.5. The Morgan fingerprint density at radius 1 is 1.20 bits per heavy atom. The molecule has 0 amide bonds. The van der Waals surface area contributed by atoms with Gasteiger partial charge in [0.1, 0.15) is 5.82 Å². The van der Waals surface area contributed by atoms with Crippen molar-refractivity contribution in [3.63, 3.8) is 0 Å². The summed E-state index contributed by atoms with van der Waals surface area (Å²) in [7, 11) is 0. The number of hydrogen-bond donors (Lipinski definition) is 0. The SMILES string of the molecule is Cc1ccc(Br)c(-n2c(CCCl)nc3ccccc32)c1. The average molecular weight is 350 g/mol. The van der Waals surface area contributed by atoms with E-state index in [9.17, 15) is 0 Å². The lowest BCUT2D eigenvalue weighted by Crippen LogP contribution is -2.03. The number of aryl methyl sites for hydroxylation is 2. The molecule has 0 aliphatic heterocycles. The lowest BCUT2D eigenvalue weighted by molar-refractivity contribution is 0.908. The number of benzene rings is 2. The molecule has 102 valence electrons. The van der Waals surface area contributed by atoms with E-state index in [0.29, 0.717) is 5.88 Å². The summed E-state index contributed by atoms with van der Waals surface area (Å²) in [6.45, 7) is 2.09. The molecule has 2 nitrogen and oxygen atoms in total. The molecule has 3 aromatic rings. The van der Waals surface area contributed by atoms with Gasteiger partial charge < -0.3 is 0 Å². The van der Waals surface area contributed by atoms with Crippen LogP contribution in [0.1, 0.15) is 11.4 Å². The molecule has 0 fully saturated rings. The average Bonchev–Trinajstić information content (AvgIpc) is 2.80. The van der Waals surface area contributed by atoms with Crippen LogP contribution in [0.25, 0.3) is 16.7 Å². The standard InChI is InChI=1S/C16H14BrClN2/c1-11-6-7-12(17)15(10-11)20-14-5-3-2-4-13(14)19-16(20)8-9-18/h2-7,10H,8-9H2,1H3. The molecule has 20 heavy (non-hydrogen) atoms. The molecular formula is C16H14BrClN2. The highest BCUT2D eigenvalue weighted by Crippen LogP contribution is 2.28.